The molecule has 0 bridgehead atoms. The fourth-order valence-electron chi connectivity index (χ4n) is 2.63. The Morgan fingerprint density at radius 1 is 0.889 bits per heavy atom. The van der Waals surface area contributed by atoms with Gasteiger partial charge in [0, 0.05) is 11.3 Å². The number of benzene rings is 2. The lowest BCUT2D eigenvalue weighted by molar-refractivity contribution is 0.0536. The van der Waals surface area contributed by atoms with Crippen LogP contribution in [0.4, 0.5) is 4.39 Å². The molecule has 0 aromatic heterocycles. The average Bonchev–Trinajstić information content (AvgIpc) is 2.70. The van der Waals surface area contributed by atoms with Crippen molar-refractivity contribution in [1.82, 2.24) is 0 Å². The van der Waals surface area contributed by atoms with E-state index in [0.717, 1.165) is 16.9 Å². The summed E-state index contributed by atoms with van der Waals surface area (Å²) in [5, 5.41) is 18.2. The molecule has 0 fully saturated rings. The highest BCUT2D eigenvalue weighted by Crippen LogP contribution is 2.33. The number of hydrogen-bond donors (Lipinski definition) is 2. The van der Waals surface area contributed by atoms with Crippen LogP contribution in [0.5, 0.6) is 11.5 Å². The molecule has 2 N–H and O–H groups in total. The second kappa shape index (κ2) is 9.72. The van der Waals surface area contributed by atoms with Gasteiger partial charge in [-0.3, -0.25) is 4.39 Å². The quantitative estimate of drug-likeness (QED) is 0.663. The highest BCUT2D eigenvalue weighted by atomic mass is 19.1. The zero-order chi connectivity index (χ0) is 19.9. The van der Waals surface area contributed by atoms with Gasteiger partial charge in [0.2, 0.25) is 0 Å². The molecule has 0 saturated carbocycles. The monoisotopic (exact) mass is 376 g/mol. The fraction of sp³-hybridized carbons (Fsp3) is 0.455. The Kier molecular flexibility index (Phi) is 7.63. The Morgan fingerprint density at radius 2 is 1.33 bits per heavy atom. The van der Waals surface area contributed by atoms with E-state index in [-0.39, 0.29) is 31.2 Å². The number of aliphatic hydroxyl groups is 2. The maximum Gasteiger partial charge on any atom is 0.119 e. The van der Waals surface area contributed by atoms with E-state index in [4.69, 9.17) is 14.6 Å². The lowest BCUT2D eigenvalue weighted by Gasteiger charge is -2.26. The molecular formula is C22H29FO4. The summed E-state index contributed by atoms with van der Waals surface area (Å²) in [6, 6.07) is 15.6. The van der Waals surface area contributed by atoms with E-state index < -0.39 is 6.10 Å². The fourth-order valence-corrected chi connectivity index (χ4v) is 2.63. The molecule has 4 nitrogen and oxygen atoms in total. The van der Waals surface area contributed by atoms with Gasteiger partial charge >= 0.3 is 0 Å². The van der Waals surface area contributed by atoms with Crippen molar-refractivity contribution in [3.63, 3.8) is 0 Å². The Morgan fingerprint density at radius 3 is 1.74 bits per heavy atom. The lowest BCUT2D eigenvalue weighted by Crippen LogP contribution is -2.21. The maximum absolute atomic E-state index is 12.5. The molecule has 148 valence electrons. The first-order valence-electron chi connectivity index (χ1n) is 9.18. The number of rotatable bonds is 10. The van der Waals surface area contributed by atoms with Crippen LogP contribution in [0.1, 0.15) is 31.9 Å². The van der Waals surface area contributed by atoms with Crippen molar-refractivity contribution in [2.75, 3.05) is 26.5 Å². The number of aliphatic hydroxyl groups excluding tert-OH is 2. The second-order valence-electron chi connectivity index (χ2n) is 7.39. The molecule has 0 aliphatic heterocycles. The van der Waals surface area contributed by atoms with Gasteiger partial charge in [-0.25, -0.2) is 0 Å². The first-order chi connectivity index (χ1) is 12.9. The van der Waals surface area contributed by atoms with Crippen molar-refractivity contribution in [1.29, 1.82) is 0 Å². The Labute approximate surface area is 160 Å². The topological polar surface area (TPSA) is 58.9 Å². The first kappa shape index (κ1) is 21.2. The highest BCUT2D eigenvalue weighted by Gasteiger charge is 2.23. The normalized spacial score (nSPS) is 13.9. The molecule has 2 atom stereocenters. The largest absolute Gasteiger partial charge is 0.493 e. The van der Waals surface area contributed by atoms with E-state index in [1.165, 1.54) is 0 Å². The van der Waals surface area contributed by atoms with Crippen molar-refractivity contribution in [2.24, 2.45) is 5.92 Å². The molecule has 2 aromatic rings. The van der Waals surface area contributed by atoms with Gasteiger partial charge < -0.3 is 19.7 Å². The summed E-state index contributed by atoms with van der Waals surface area (Å²) >= 11 is 0. The van der Waals surface area contributed by atoms with Crippen molar-refractivity contribution in [3.05, 3.63) is 59.7 Å². The Balaban J connectivity index is 2.04. The van der Waals surface area contributed by atoms with Crippen molar-refractivity contribution < 1.29 is 24.1 Å². The summed E-state index contributed by atoms with van der Waals surface area (Å²) in [5.41, 5.74) is 2.04. The van der Waals surface area contributed by atoms with Gasteiger partial charge in [0.25, 0.3) is 0 Å². The summed E-state index contributed by atoms with van der Waals surface area (Å²) < 4.78 is 23.6. The third-order valence-electron chi connectivity index (χ3n) is 4.60. The van der Waals surface area contributed by atoms with Gasteiger partial charge in [0.1, 0.15) is 24.2 Å². The van der Waals surface area contributed by atoms with Crippen molar-refractivity contribution in [2.45, 2.75) is 32.3 Å². The number of ether oxygens (including phenoxy) is 2. The lowest BCUT2D eigenvalue weighted by atomic mass is 9.78. The van der Waals surface area contributed by atoms with Crippen LogP contribution in [0.2, 0.25) is 0 Å². The average molecular weight is 376 g/mol. The molecule has 5 heteroatoms. The Bertz CT molecular complexity index is 623. The summed E-state index contributed by atoms with van der Waals surface area (Å²) in [7, 11) is 0. The predicted octanol–water partition coefficient (Wildman–Crippen LogP) is 3.73. The minimum Gasteiger partial charge on any atom is -0.493 e. The predicted molar refractivity (Wildman–Crippen MR) is 104 cm³/mol. The molecule has 0 aliphatic carbocycles. The van der Waals surface area contributed by atoms with Crippen LogP contribution in [-0.4, -0.2) is 42.8 Å². The van der Waals surface area contributed by atoms with Gasteiger partial charge in [-0.15, -0.1) is 0 Å². The summed E-state index contributed by atoms with van der Waals surface area (Å²) in [4.78, 5) is 0. The molecule has 0 heterocycles. The highest BCUT2D eigenvalue weighted by molar-refractivity contribution is 5.41. The van der Waals surface area contributed by atoms with E-state index in [0.29, 0.717) is 12.4 Å². The third kappa shape index (κ3) is 5.94. The number of halogens is 1. The Hall–Kier alpha value is -2.11. The van der Waals surface area contributed by atoms with E-state index in [1.54, 1.807) is 0 Å². The maximum atomic E-state index is 12.5. The van der Waals surface area contributed by atoms with E-state index in [2.05, 4.69) is 13.8 Å². The SMILES string of the molecule is CC(CF)COc1ccc(C(C)(C)c2ccc(OCC(O)CO)cc2)cc1. The first-order valence-corrected chi connectivity index (χ1v) is 9.18. The molecule has 2 rings (SSSR count). The zero-order valence-corrected chi connectivity index (χ0v) is 16.2. The van der Waals surface area contributed by atoms with Crippen LogP contribution in [0, 0.1) is 5.92 Å². The molecule has 2 aromatic carbocycles. The van der Waals surface area contributed by atoms with Crippen LogP contribution in [0.25, 0.3) is 0 Å². The number of alkyl halides is 1. The van der Waals surface area contributed by atoms with Gasteiger partial charge in [0.15, 0.2) is 0 Å². The summed E-state index contributed by atoms with van der Waals surface area (Å²) in [6.45, 7) is 5.81. The van der Waals surface area contributed by atoms with Crippen LogP contribution >= 0.6 is 0 Å². The second-order valence-corrected chi connectivity index (χ2v) is 7.39. The van der Waals surface area contributed by atoms with Crippen LogP contribution in [0.3, 0.4) is 0 Å². The van der Waals surface area contributed by atoms with E-state index in [9.17, 15) is 9.50 Å². The molecule has 0 spiro atoms. The molecule has 0 radical (unpaired) electrons. The standard InChI is InChI=1S/C22H29FO4/c1-16(12-23)14-26-20-8-4-17(5-9-20)22(2,3)18-6-10-21(11-7-18)27-15-19(25)13-24/h4-11,16,19,24-25H,12-15H2,1-3H3. The van der Waals surface area contributed by atoms with Gasteiger partial charge in [0.05, 0.1) is 19.9 Å². The minimum atomic E-state index is -0.880. The van der Waals surface area contributed by atoms with Gasteiger partial charge in [-0.1, -0.05) is 45.0 Å². The van der Waals surface area contributed by atoms with Crippen LogP contribution in [0.15, 0.2) is 48.5 Å². The molecule has 2 unspecified atom stereocenters. The molecule has 0 aliphatic rings. The van der Waals surface area contributed by atoms with Gasteiger partial charge in [-0.2, -0.15) is 0 Å². The third-order valence-corrected chi connectivity index (χ3v) is 4.60. The van der Waals surface area contributed by atoms with E-state index in [1.807, 2.05) is 55.5 Å². The zero-order valence-electron chi connectivity index (χ0n) is 16.2. The van der Waals surface area contributed by atoms with Crippen molar-refractivity contribution in [3.8, 4) is 11.5 Å². The minimum absolute atomic E-state index is 0.0573. The molecule has 0 saturated heterocycles. The number of hydrogen-bond acceptors (Lipinski definition) is 4. The van der Waals surface area contributed by atoms with Crippen LogP contribution in [-0.2, 0) is 5.41 Å². The summed E-state index contributed by atoms with van der Waals surface area (Å²) in [5.74, 6) is 1.27. The smallest absolute Gasteiger partial charge is 0.119 e. The van der Waals surface area contributed by atoms with Crippen LogP contribution < -0.4 is 9.47 Å². The molecule has 0 amide bonds. The van der Waals surface area contributed by atoms with E-state index >= 15 is 0 Å². The summed E-state index contributed by atoms with van der Waals surface area (Å²) in [6.07, 6.45) is -0.880. The van der Waals surface area contributed by atoms with Gasteiger partial charge in [-0.05, 0) is 35.4 Å². The molecular weight excluding hydrogens is 347 g/mol. The molecule has 27 heavy (non-hydrogen) atoms. The van der Waals surface area contributed by atoms with Crippen molar-refractivity contribution >= 4 is 0 Å².